The third-order valence-corrected chi connectivity index (χ3v) is 6.66. The number of amides is 1. The summed E-state index contributed by atoms with van der Waals surface area (Å²) < 4.78 is 16.1. The van der Waals surface area contributed by atoms with Crippen molar-refractivity contribution in [3.05, 3.63) is 42.0 Å². The number of hydrogen-bond acceptors (Lipinski definition) is 8. The molecule has 1 aliphatic carbocycles. The summed E-state index contributed by atoms with van der Waals surface area (Å²) in [5.41, 5.74) is 1.41. The number of ether oxygens (including phenoxy) is 3. The summed E-state index contributed by atoms with van der Waals surface area (Å²) in [6, 6.07) is 11.7. The zero-order valence-corrected chi connectivity index (χ0v) is 21.6. The number of nitrogens with one attached hydrogen (secondary N) is 2. The number of methoxy groups -OCH3 is 3. The first kappa shape index (κ1) is 25.3. The second-order valence-electron chi connectivity index (χ2n) is 9.27. The summed E-state index contributed by atoms with van der Waals surface area (Å²) in [4.78, 5) is 24.3. The van der Waals surface area contributed by atoms with E-state index in [2.05, 4.69) is 10.6 Å². The molecule has 0 radical (unpaired) electrons. The maximum atomic E-state index is 12.8. The van der Waals surface area contributed by atoms with E-state index in [1.165, 1.54) is 14.2 Å². The first-order chi connectivity index (χ1) is 17.4. The van der Waals surface area contributed by atoms with Gasteiger partial charge in [-0.1, -0.05) is 12.1 Å². The Morgan fingerprint density at radius 1 is 0.972 bits per heavy atom. The van der Waals surface area contributed by atoms with Crippen LogP contribution in [0.2, 0.25) is 0 Å². The van der Waals surface area contributed by atoms with E-state index < -0.39 is 0 Å². The number of carbonyl (C=O) groups excluding carboxylic acids is 1. The predicted octanol–water partition coefficient (Wildman–Crippen LogP) is 4.12. The summed E-state index contributed by atoms with van der Waals surface area (Å²) >= 11 is 0. The normalized spacial score (nSPS) is 17.4. The van der Waals surface area contributed by atoms with E-state index in [-0.39, 0.29) is 5.91 Å². The van der Waals surface area contributed by atoms with Crippen LogP contribution in [0.5, 0.6) is 17.2 Å². The van der Waals surface area contributed by atoms with E-state index >= 15 is 0 Å². The Morgan fingerprint density at radius 3 is 2.25 bits per heavy atom. The van der Waals surface area contributed by atoms with Crippen molar-refractivity contribution in [3.63, 3.8) is 0 Å². The highest BCUT2D eigenvalue weighted by molar-refractivity contribution is 5.95. The van der Waals surface area contributed by atoms with Gasteiger partial charge >= 0.3 is 0 Å². The maximum absolute atomic E-state index is 12.8. The summed E-state index contributed by atoms with van der Waals surface area (Å²) in [6.07, 6.45) is 4.03. The molecule has 0 saturated heterocycles. The van der Waals surface area contributed by atoms with Crippen molar-refractivity contribution in [2.24, 2.45) is 5.92 Å². The number of aromatic nitrogens is 2. The quantitative estimate of drug-likeness (QED) is 0.459. The fourth-order valence-electron chi connectivity index (χ4n) is 4.71. The van der Waals surface area contributed by atoms with E-state index in [4.69, 9.17) is 24.2 Å². The lowest BCUT2D eigenvalue weighted by molar-refractivity contribution is 0.0942. The molecule has 0 unspecified atom stereocenters. The van der Waals surface area contributed by atoms with Gasteiger partial charge in [0.15, 0.2) is 11.5 Å². The number of para-hydroxylation sites is 1. The van der Waals surface area contributed by atoms with Gasteiger partial charge in [-0.2, -0.15) is 4.98 Å². The van der Waals surface area contributed by atoms with Gasteiger partial charge in [0.2, 0.25) is 11.7 Å². The van der Waals surface area contributed by atoms with Crippen LogP contribution in [0.1, 0.15) is 36.0 Å². The van der Waals surface area contributed by atoms with Gasteiger partial charge < -0.3 is 29.7 Å². The molecule has 1 amide bonds. The van der Waals surface area contributed by atoms with Gasteiger partial charge in [0, 0.05) is 37.6 Å². The van der Waals surface area contributed by atoms with Gasteiger partial charge in [-0.3, -0.25) is 4.79 Å². The average Bonchev–Trinajstić information content (AvgIpc) is 2.91. The molecular weight excluding hydrogens is 458 g/mol. The number of carbonyl (C=O) groups is 1. The molecular formula is C27H35N5O4. The third-order valence-electron chi connectivity index (χ3n) is 6.66. The fraction of sp³-hybridized carbons (Fsp3) is 0.444. The lowest BCUT2D eigenvalue weighted by atomic mass is 9.86. The molecule has 0 atom stereocenters. The van der Waals surface area contributed by atoms with E-state index in [0.29, 0.717) is 47.3 Å². The Kier molecular flexibility index (Phi) is 7.97. The van der Waals surface area contributed by atoms with Crippen molar-refractivity contribution >= 4 is 28.6 Å². The number of nitrogens with zero attached hydrogens (tertiary/aromatic N) is 3. The Hall–Kier alpha value is -3.75. The predicted molar refractivity (Wildman–Crippen MR) is 142 cm³/mol. The monoisotopic (exact) mass is 493 g/mol. The Labute approximate surface area is 212 Å². The van der Waals surface area contributed by atoms with Crippen molar-refractivity contribution in [2.75, 3.05) is 52.2 Å². The maximum Gasteiger partial charge on any atom is 0.251 e. The lowest BCUT2D eigenvalue weighted by Crippen LogP contribution is -2.34. The van der Waals surface area contributed by atoms with Gasteiger partial charge in [0.25, 0.3) is 5.91 Å². The van der Waals surface area contributed by atoms with Crippen molar-refractivity contribution in [2.45, 2.75) is 31.7 Å². The van der Waals surface area contributed by atoms with Crippen molar-refractivity contribution in [1.82, 2.24) is 15.3 Å². The SMILES string of the molecule is COc1cc(C(=O)NCC2CCC(Nc3nc(N(C)C)c4ccccc4n3)CC2)cc(OC)c1OC. The van der Waals surface area contributed by atoms with Crippen LogP contribution in [0.25, 0.3) is 10.9 Å². The van der Waals surface area contributed by atoms with E-state index in [1.54, 1.807) is 19.2 Å². The molecule has 36 heavy (non-hydrogen) atoms. The number of fused-ring (bicyclic) bond motifs is 1. The molecule has 0 bridgehead atoms. The van der Waals surface area contributed by atoms with E-state index in [1.807, 2.05) is 43.3 Å². The molecule has 1 heterocycles. The zero-order valence-electron chi connectivity index (χ0n) is 21.6. The largest absolute Gasteiger partial charge is 0.493 e. The molecule has 9 heteroatoms. The lowest BCUT2D eigenvalue weighted by Gasteiger charge is -2.29. The zero-order chi connectivity index (χ0) is 25.7. The number of benzene rings is 2. The molecule has 2 aromatic carbocycles. The summed E-state index contributed by atoms with van der Waals surface area (Å²) in [5.74, 6) is 3.22. The highest BCUT2D eigenvalue weighted by atomic mass is 16.5. The van der Waals surface area contributed by atoms with Gasteiger partial charge in [0.05, 0.1) is 26.8 Å². The molecule has 9 nitrogen and oxygen atoms in total. The number of anilines is 2. The molecule has 1 aromatic heterocycles. The molecule has 0 aliphatic heterocycles. The van der Waals surface area contributed by atoms with E-state index in [0.717, 1.165) is 42.4 Å². The molecule has 1 fully saturated rings. The standard InChI is InChI=1S/C27H35N5O4/c1-32(2)25-20-8-6-7-9-21(20)30-27(31-25)29-19-12-10-17(11-13-19)16-28-26(33)18-14-22(34-3)24(36-5)23(15-18)35-4/h6-9,14-15,17,19H,10-13,16H2,1-5H3,(H,28,33)(H,29,30,31). The number of hydrogen-bond donors (Lipinski definition) is 2. The second-order valence-corrected chi connectivity index (χ2v) is 9.27. The van der Waals surface area contributed by atoms with Crippen LogP contribution >= 0.6 is 0 Å². The molecule has 1 aliphatic rings. The first-order valence-corrected chi connectivity index (χ1v) is 12.2. The first-order valence-electron chi connectivity index (χ1n) is 12.2. The molecule has 1 saturated carbocycles. The minimum Gasteiger partial charge on any atom is -0.493 e. The summed E-state index contributed by atoms with van der Waals surface area (Å²) in [6.45, 7) is 0.624. The Bertz CT molecular complexity index is 1180. The second kappa shape index (κ2) is 11.3. The smallest absolute Gasteiger partial charge is 0.251 e. The highest BCUT2D eigenvalue weighted by Crippen LogP contribution is 2.38. The van der Waals surface area contributed by atoms with Crippen LogP contribution in [0.15, 0.2) is 36.4 Å². The van der Waals surface area contributed by atoms with Crippen LogP contribution < -0.4 is 29.7 Å². The van der Waals surface area contributed by atoms with Crippen LogP contribution in [0.4, 0.5) is 11.8 Å². The summed E-state index contributed by atoms with van der Waals surface area (Å²) in [7, 11) is 8.61. The molecule has 0 spiro atoms. The fourth-order valence-corrected chi connectivity index (χ4v) is 4.71. The van der Waals surface area contributed by atoms with Crippen molar-refractivity contribution in [3.8, 4) is 17.2 Å². The van der Waals surface area contributed by atoms with Crippen molar-refractivity contribution < 1.29 is 19.0 Å². The van der Waals surface area contributed by atoms with Gasteiger partial charge in [0.1, 0.15) is 5.82 Å². The van der Waals surface area contributed by atoms with Gasteiger partial charge in [-0.15, -0.1) is 0 Å². The topological polar surface area (TPSA) is 97.8 Å². The molecule has 3 aromatic rings. The number of rotatable bonds is 9. The highest BCUT2D eigenvalue weighted by Gasteiger charge is 2.24. The van der Waals surface area contributed by atoms with Gasteiger partial charge in [-0.05, 0) is 55.9 Å². The molecule has 2 N–H and O–H groups in total. The van der Waals surface area contributed by atoms with Crippen molar-refractivity contribution in [1.29, 1.82) is 0 Å². The molecule has 4 rings (SSSR count). The minimum atomic E-state index is -0.157. The van der Waals surface area contributed by atoms with Crippen LogP contribution in [-0.4, -0.2) is 63.9 Å². The van der Waals surface area contributed by atoms with Crippen LogP contribution in [-0.2, 0) is 0 Å². The van der Waals surface area contributed by atoms with E-state index in [9.17, 15) is 4.79 Å². The Morgan fingerprint density at radius 2 is 1.64 bits per heavy atom. The third kappa shape index (κ3) is 5.56. The average molecular weight is 494 g/mol. The van der Waals surface area contributed by atoms with Crippen LogP contribution in [0, 0.1) is 5.92 Å². The molecule has 192 valence electrons. The minimum absolute atomic E-state index is 0.157. The summed E-state index contributed by atoms with van der Waals surface area (Å²) in [5, 5.41) is 7.65. The van der Waals surface area contributed by atoms with Crippen LogP contribution in [0.3, 0.4) is 0 Å². The van der Waals surface area contributed by atoms with Gasteiger partial charge in [-0.25, -0.2) is 4.98 Å². The Balaban J connectivity index is 1.33.